The summed E-state index contributed by atoms with van der Waals surface area (Å²) in [4.78, 5) is 0. The van der Waals surface area contributed by atoms with Crippen LogP contribution in [0.3, 0.4) is 0 Å². The Bertz CT molecular complexity index is 354. The van der Waals surface area contributed by atoms with E-state index >= 15 is 0 Å². The molecular formula is C11H17N3. The van der Waals surface area contributed by atoms with Crippen molar-refractivity contribution >= 4 is 0 Å². The Morgan fingerprint density at radius 2 is 2.29 bits per heavy atom. The van der Waals surface area contributed by atoms with Gasteiger partial charge in [0.2, 0.25) is 0 Å². The standard InChI is InChI=1S/C11H17N3/c1-4-10(12)7-6-9-8-14(3)13-11(9)5-2/h8,10H,4-5,12H2,1-3H3. The molecule has 0 saturated carbocycles. The second-order valence-corrected chi connectivity index (χ2v) is 3.30. The van der Waals surface area contributed by atoms with Crippen LogP contribution in [0.25, 0.3) is 0 Å². The first-order chi connectivity index (χ1) is 6.67. The van der Waals surface area contributed by atoms with Crippen molar-refractivity contribution in [1.82, 2.24) is 9.78 Å². The SMILES string of the molecule is CCc1nn(C)cc1C#CC(N)CC. The molecule has 0 aromatic carbocycles. The molecule has 0 saturated heterocycles. The summed E-state index contributed by atoms with van der Waals surface area (Å²) in [6, 6.07) is -0.0279. The predicted molar refractivity (Wildman–Crippen MR) is 57.7 cm³/mol. The quantitative estimate of drug-likeness (QED) is 0.711. The van der Waals surface area contributed by atoms with E-state index < -0.39 is 0 Å². The zero-order valence-corrected chi connectivity index (χ0v) is 9.04. The van der Waals surface area contributed by atoms with E-state index in [9.17, 15) is 0 Å². The molecule has 0 aliphatic heterocycles. The lowest BCUT2D eigenvalue weighted by molar-refractivity contribution is 0.746. The lowest BCUT2D eigenvalue weighted by Crippen LogP contribution is -2.15. The highest BCUT2D eigenvalue weighted by atomic mass is 15.2. The topological polar surface area (TPSA) is 43.8 Å². The Balaban J connectivity index is 2.88. The number of aryl methyl sites for hydroxylation is 2. The molecule has 0 bridgehead atoms. The van der Waals surface area contributed by atoms with Crippen molar-refractivity contribution in [3.63, 3.8) is 0 Å². The Morgan fingerprint density at radius 1 is 1.57 bits per heavy atom. The molecule has 3 heteroatoms. The minimum absolute atomic E-state index is 0.0279. The third kappa shape index (κ3) is 2.61. The van der Waals surface area contributed by atoms with Gasteiger partial charge in [0.1, 0.15) is 0 Å². The van der Waals surface area contributed by atoms with Crippen molar-refractivity contribution in [2.75, 3.05) is 0 Å². The second-order valence-electron chi connectivity index (χ2n) is 3.30. The van der Waals surface area contributed by atoms with Crippen LogP contribution in [-0.2, 0) is 13.5 Å². The molecule has 0 amide bonds. The average molecular weight is 191 g/mol. The molecule has 1 unspecified atom stereocenters. The lowest BCUT2D eigenvalue weighted by atomic mass is 10.2. The Kier molecular flexibility index (Phi) is 3.73. The predicted octanol–water partition coefficient (Wildman–Crippen LogP) is 1.07. The number of nitrogens with two attached hydrogens (primary N) is 1. The fourth-order valence-corrected chi connectivity index (χ4v) is 1.17. The molecule has 1 atom stereocenters. The van der Waals surface area contributed by atoms with Gasteiger partial charge in [-0.05, 0) is 12.8 Å². The first-order valence-electron chi connectivity index (χ1n) is 4.97. The van der Waals surface area contributed by atoms with Crippen LogP contribution in [0.5, 0.6) is 0 Å². The molecule has 1 heterocycles. The van der Waals surface area contributed by atoms with Gasteiger partial charge in [-0.1, -0.05) is 25.7 Å². The van der Waals surface area contributed by atoms with Crippen LogP contribution >= 0.6 is 0 Å². The van der Waals surface area contributed by atoms with Gasteiger partial charge in [-0.2, -0.15) is 5.10 Å². The van der Waals surface area contributed by atoms with Gasteiger partial charge in [-0.15, -0.1) is 0 Å². The Labute approximate surface area is 85.3 Å². The van der Waals surface area contributed by atoms with Crippen molar-refractivity contribution in [3.8, 4) is 11.8 Å². The summed E-state index contributed by atoms with van der Waals surface area (Å²) in [7, 11) is 1.91. The summed E-state index contributed by atoms with van der Waals surface area (Å²) >= 11 is 0. The van der Waals surface area contributed by atoms with Crippen LogP contribution in [0.15, 0.2) is 6.20 Å². The first-order valence-corrected chi connectivity index (χ1v) is 4.97. The van der Waals surface area contributed by atoms with E-state index in [0.29, 0.717) is 0 Å². The molecule has 76 valence electrons. The molecule has 2 N–H and O–H groups in total. The number of nitrogens with zero attached hydrogens (tertiary/aromatic N) is 2. The van der Waals surface area contributed by atoms with Gasteiger partial charge in [0.05, 0.1) is 17.3 Å². The molecule has 1 rings (SSSR count). The van der Waals surface area contributed by atoms with Gasteiger partial charge in [-0.25, -0.2) is 0 Å². The molecule has 3 nitrogen and oxygen atoms in total. The van der Waals surface area contributed by atoms with Crippen molar-refractivity contribution in [2.24, 2.45) is 12.8 Å². The molecular weight excluding hydrogens is 174 g/mol. The van der Waals surface area contributed by atoms with Crippen LogP contribution in [0.1, 0.15) is 31.5 Å². The largest absolute Gasteiger partial charge is 0.318 e. The Morgan fingerprint density at radius 3 is 2.86 bits per heavy atom. The van der Waals surface area contributed by atoms with E-state index in [1.807, 2.05) is 20.2 Å². The number of hydrogen-bond donors (Lipinski definition) is 1. The van der Waals surface area contributed by atoms with Gasteiger partial charge >= 0.3 is 0 Å². The molecule has 1 aromatic rings. The van der Waals surface area contributed by atoms with Gasteiger partial charge in [0.25, 0.3) is 0 Å². The highest BCUT2D eigenvalue weighted by molar-refractivity contribution is 5.37. The lowest BCUT2D eigenvalue weighted by Gasteiger charge is -1.95. The van der Waals surface area contributed by atoms with E-state index in [-0.39, 0.29) is 6.04 Å². The van der Waals surface area contributed by atoms with E-state index in [1.165, 1.54) is 0 Å². The zero-order valence-electron chi connectivity index (χ0n) is 9.04. The molecule has 14 heavy (non-hydrogen) atoms. The van der Waals surface area contributed by atoms with Crippen LogP contribution in [-0.4, -0.2) is 15.8 Å². The highest BCUT2D eigenvalue weighted by Gasteiger charge is 2.02. The van der Waals surface area contributed by atoms with E-state index in [0.717, 1.165) is 24.1 Å². The number of aromatic nitrogens is 2. The maximum atomic E-state index is 5.72. The second kappa shape index (κ2) is 4.83. The fourth-order valence-electron chi connectivity index (χ4n) is 1.17. The minimum Gasteiger partial charge on any atom is -0.318 e. The summed E-state index contributed by atoms with van der Waals surface area (Å²) in [5.74, 6) is 6.09. The normalized spacial score (nSPS) is 12.0. The molecule has 0 aliphatic rings. The monoisotopic (exact) mass is 191 g/mol. The fraction of sp³-hybridized carbons (Fsp3) is 0.545. The number of rotatable bonds is 2. The smallest absolute Gasteiger partial charge is 0.0778 e. The minimum atomic E-state index is -0.0279. The van der Waals surface area contributed by atoms with E-state index in [2.05, 4.69) is 23.9 Å². The summed E-state index contributed by atoms with van der Waals surface area (Å²) in [6.45, 7) is 4.11. The number of hydrogen-bond acceptors (Lipinski definition) is 2. The van der Waals surface area contributed by atoms with Gasteiger partial charge in [0, 0.05) is 13.2 Å². The maximum Gasteiger partial charge on any atom is 0.0778 e. The maximum absolute atomic E-state index is 5.72. The highest BCUT2D eigenvalue weighted by Crippen LogP contribution is 2.04. The molecule has 0 aliphatic carbocycles. The molecule has 0 radical (unpaired) electrons. The summed E-state index contributed by atoms with van der Waals surface area (Å²) in [5, 5.41) is 4.31. The first kappa shape index (κ1) is 10.8. The van der Waals surface area contributed by atoms with Crippen molar-refractivity contribution in [3.05, 3.63) is 17.5 Å². The third-order valence-electron chi connectivity index (χ3n) is 2.07. The van der Waals surface area contributed by atoms with Crippen molar-refractivity contribution < 1.29 is 0 Å². The van der Waals surface area contributed by atoms with Gasteiger partial charge in [-0.3, -0.25) is 4.68 Å². The van der Waals surface area contributed by atoms with E-state index in [1.54, 1.807) is 4.68 Å². The van der Waals surface area contributed by atoms with Crippen LogP contribution in [0.2, 0.25) is 0 Å². The summed E-state index contributed by atoms with van der Waals surface area (Å²) in [5.41, 5.74) is 7.76. The molecule has 0 spiro atoms. The zero-order chi connectivity index (χ0) is 10.6. The van der Waals surface area contributed by atoms with E-state index in [4.69, 9.17) is 5.73 Å². The van der Waals surface area contributed by atoms with Gasteiger partial charge < -0.3 is 5.73 Å². The molecule has 0 fully saturated rings. The average Bonchev–Trinajstić information content (AvgIpc) is 2.55. The summed E-state index contributed by atoms with van der Waals surface area (Å²) < 4.78 is 1.79. The molecule has 1 aromatic heterocycles. The van der Waals surface area contributed by atoms with Gasteiger partial charge in [0.15, 0.2) is 0 Å². The van der Waals surface area contributed by atoms with Crippen LogP contribution < -0.4 is 5.73 Å². The Hall–Kier alpha value is -1.27. The van der Waals surface area contributed by atoms with Crippen LogP contribution in [0.4, 0.5) is 0 Å². The van der Waals surface area contributed by atoms with Crippen molar-refractivity contribution in [2.45, 2.75) is 32.7 Å². The van der Waals surface area contributed by atoms with Crippen LogP contribution in [0, 0.1) is 11.8 Å². The third-order valence-corrected chi connectivity index (χ3v) is 2.07. The summed E-state index contributed by atoms with van der Waals surface area (Å²) in [6.07, 6.45) is 3.73. The van der Waals surface area contributed by atoms with Crippen molar-refractivity contribution in [1.29, 1.82) is 0 Å².